The molecular weight excluding hydrogens is 243 g/mol. The highest BCUT2D eigenvalue weighted by Gasteiger charge is 2.11. The molecule has 1 aromatic carbocycles. The number of hydrogen-bond acceptors (Lipinski definition) is 3. The molecule has 1 fully saturated rings. The zero-order chi connectivity index (χ0) is 13.7. The lowest BCUT2D eigenvalue weighted by atomic mass is 10.0. The van der Waals surface area contributed by atoms with Crippen molar-refractivity contribution in [2.75, 3.05) is 32.7 Å². The van der Waals surface area contributed by atoms with E-state index in [0.717, 1.165) is 39.1 Å². The number of carbonyl (C=O) groups is 1. The van der Waals surface area contributed by atoms with Crippen molar-refractivity contribution in [3.8, 4) is 0 Å². The third-order valence-electron chi connectivity index (χ3n) is 3.57. The number of aryl methyl sites for hydroxylation is 1. The highest BCUT2D eigenvalue weighted by molar-refractivity contribution is 5.96. The first-order valence-corrected chi connectivity index (χ1v) is 6.89. The van der Waals surface area contributed by atoms with E-state index in [-0.39, 0.29) is 11.6 Å². The second-order valence-corrected chi connectivity index (χ2v) is 5.08. The molecule has 3 nitrogen and oxygen atoms in total. The van der Waals surface area contributed by atoms with Gasteiger partial charge in [0.15, 0.2) is 5.78 Å². The average Bonchev–Trinajstić information content (AvgIpc) is 2.43. The second kappa shape index (κ2) is 6.78. The van der Waals surface area contributed by atoms with E-state index in [2.05, 4.69) is 10.2 Å². The first-order chi connectivity index (χ1) is 9.16. The summed E-state index contributed by atoms with van der Waals surface area (Å²) in [6, 6.07) is 4.59. The molecule has 0 unspecified atom stereocenters. The minimum atomic E-state index is -0.252. The Morgan fingerprint density at radius 3 is 2.79 bits per heavy atom. The van der Waals surface area contributed by atoms with Gasteiger partial charge >= 0.3 is 0 Å². The van der Waals surface area contributed by atoms with Crippen LogP contribution in [0.2, 0.25) is 0 Å². The largest absolute Gasteiger partial charge is 0.314 e. The van der Waals surface area contributed by atoms with Gasteiger partial charge in [0, 0.05) is 38.2 Å². The number of carbonyl (C=O) groups excluding carboxylic acids is 1. The van der Waals surface area contributed by atoms with Crippen molar-refractivity contribution >= 4 is 5.78 Å². The van der Waals surface area contributed by atoms with Gasteiger partial charge in [-0.3, -0.25) is 4.79 Å². The van der Waals surface area contributed by atoms with Gasteiger partial charge in [0.2, 0.25) is 0 Å². The highest BCUT2D eigenvalue weighted by atomic mass is 19.1. The maximum atomic E-state index is 13.1. The van der Waals surface area contributed by atoms with Gasteiger partial charge in [-0.1, -0.05) is 0 Å². The van der Waals surface area contributed by atoms with Crippen molar-refractivity contribution in [2.45, 2.75) is 19.8 Å². The van der Waals surface area contributed by atoms with Crippen molar-refractivity contribution in [2.24, 2.45) is 0 Å². The van der Waals surface area contributed by atoms with E-state index in [1.807, 2.05) is 0 Å². The van der Waals surface area contributed by atoms with Crippen molar-refractivity contribution < 1.29 is 9.18 Å². The fraction of sp³-hybridized carbons (Fsp3) is 0.533. The standard InChI is InChI=1S/C15H21FN2O/c1-12-11-13(4-5-14(12)16)15(19)3-2-8-18-9-6-17-7-10-18/h4-5,11,17H,2-3,6-10H2,1H3. The fourth-order valence-electron chi connectivity index (χ4n) is 2.36. The summed E-state index contributed by atoms with van der Waals surface area (Å²) in [5.74, 6) is -0.143. The molecule has 1 saturated heterocycles. The van der Waals surface area contributed by atoms with Crippen LogP contribution in [0, 0.1) is 12.7 Å². The van der Waals surface area contributed by atoms with Crippen LogP contribution < -0.4 is 5.32 Å². The first kappa shape index (κ1) is 14.2. The maximum Gasteiger partial charge on any atom is 0.162 e. The summed E-state index contributed by atoms with van der Waals surface area (Å²) in [4.78, 5) is 14.4. The lowest BCUT2D eigenvalue weighted by Gasteiger charge is -2.26. The number of piperazine rings is 1. The number of benzene rings is 1. The highest BCUT2D eigenvalue weighted by Crippen LogP contribution is 2.12. The summed E-state index contributed by atoms with van der Waals surface area (Å²) in [6.07, 6.45) is 1.41. The average molecular weight is 264 g/mol. The Labute approximate surface area is 113 Å². The van der Waals surface area contributed by atoms with Gasteiger partial charge in [-0.2, -0.15) is 0 Å². The molecule has 2 rings (SSSR count). The molecule has 0 amide bonds. The van der Waals surface area contributed by atoms with Crippen molar-refractivity contribution in [1.82, 2.24) is 10.2 Å². The lowest BCUT2D eigenvalue weighted by Crippen LogP contribution is -2.43. The summed E-state index contributed by atoms with van der Waals surface area (Å²) < 4.78 is 13.1. The summed E-state index contributed by atoms with van der Waals surface area (Å²) in [6.45, 7) is 6.84. The van der Waals surface area contributed by atoms with Gasteiger partial charge in [0.05, 0.1) is 0 Å². The Hall–Kier alpha value is -1.26. The van der Waals surface area contributed by atoms with Crippen LogP contribution in [0.15, 0.2) is 18.2 Å². The van der Waals surface area contributed by atoms with Crippen LogP contribution in [0.4, 0.5) is 4.39 Å². The molecule has 0 aromatic heterocycles. The number of ketones is 1. The summed E-state index contributed by atoms with van der Waals surface area (Å²) in [5.41, 5.74) is 1.16. The molecule has 4 heteroatoms. The SMILES string of the molecule is Cc1cc(C(=O)CCCN2CCNCC2)ccc1F. The first-order valence-electron chi connectivity index (χ1n) is 6.89. The molecule has 19 heavy (non-hydrogen) atoms. The molecule has 1 aromatic rings. The van der Waals surface area contributed by atoms with E-state index in [4.69, 9.17) is 0 Å². The molecule has 0 spiro atoms. The van der Waals surface area contributed by atoms with Crippen LogP contribution >= 0.6 is 0 Å². The zero-order valence-corrected chi connectivity index (χ0v) is 11.4. The molecule has 1 aliphatic heterocycles. The number of nitrogens with zero attached hydrogens (tertiary/aromatic N) is 1. The maximum absolute atomic E-state index is 13.1. The third-order valence-corrected chi connectivity index (χ3v) is 3.57. The Bertz CT molecular complexity index is 442. The van der Waals surface area contributed by atoms with Crippen LogP contribution in [0.1, 0.15) is 28.8 Å². The van der Waals surface area contributed by atoms with Gasteiger partial charge in [0.1, 0.15) is 5.82 Å². The molecule has 0 saturated carbocycles. The van der Waals surface area contributed by atoms with E-state index in [0.29, 0.717) is 17.5 Å². The fourth-order valence-corrected chi connectivity index (χ4v) is 2.36. The Morgan fingerprint density at radius 2 is 2.11 bits per heavy atom. The van der Waals surface area contributed by atoms with Crippen molar-refractivity contribution in [3.05, 3.63) is 35.1 Å². The predicted molar refractivity (Wildman–Crippen MR) is 74.0 cm³/mol. The number of Topliss-reactive ketones (excluding diaryl/α,β-unsaturated/α-hetero) is 1. The molecule has 0 bridgehead atoms. The summed E-state index contributed by atoms with van der Waals surface area (Å²) in [7, 11) is 0. The molecule has 1 aliphatic rings. The van der Waals surface area contributed by atoms with E-state index in [1.165, 1.54) is 6.07 Å². The van der Waals surface area contributed by atoms with Gasteiger partial charge in [-0.25, -0.2) is 4.39 Å². The number of rotatable bonds is 5. The zero-order valence-electron chi connectivity index (χ0n) is 11.4. The van der Waals surface area contributed by atoms with Crippen LogP contribution in [-0.4, -0.2) is 43.4 Å². The van der Waals surface area contributed by atoms with Gasteiger partial charge in [-0.15, -0.1) is 0 Å². The second-order valence-electron chi connectivity index (χ2n) is 5.08. The van der Waals surface area contributed by atoms with Crippen LogP contribution in [0.5, 0.6) is 0 Å². The minimum Gasteiger partial charge on any atom is -0.314 e. The monoisotopic (exact) mass is 264 g/mol. The summed E-state index contributed by atoms with van der Waals surface area (Å²) >= 11 is 0. The van der Waals surface area contributed by atoms with Crippen molar-refractivity contribution in [1.29, 1.82) is 0 Å². The topological polar surface area (TPSA) is 32.3 Å². The molecule has 1 heterocycles. The van der Waals surface area contributed by atoms with E-state index < -0.39 is 0 Å². The van der Waals surface area contributed by atoms with Gasteiger partial charge < -0.3 is 10.2 Å². The van der Waals surface area contributed by atoms with E-state index in [9.17, 15) is 9.18 Å². The van der Waals surface area contributed by atoms with Gasteiger partial charge in [-0.05, 0) is 43.7 Å². The van der Waals surface area contributed by atoms with E-state index >= 15 is 0 Å². The van der Waals surface area contributed by atoms with Crippen molar-refractivity contribution in [3.63, 3.8) is 0 Å². The van der Waals surface area contributed by atoms with Crippen LogP contribution in [0.3, 0.4) is 0 Å². The summed E-state index contributed by atoms with van der Waals surface area (Å²) in [5, 5.41) is 3.31. The van der Waals surface area contributed by atoms with E-state index in [1.54, 1.807) is 19.1 Å². The lowest BCUT2D eigenvalue weighted by molar-refractivity contribution is 0.0973. The normalized spacial score (nSPS) is 16.5. The Morgan fingerprint density at radius 1 is 1.37 bits per heavy atom. The number of nitrogens with one attached hydrogen (secondary N) is 1. The van der Waals surface area contributed by atoms with Crippen LogP contribution in [-0.2, 0) is 0 Å². The Balaban J connectivity index is 1.78. The molecule has 0 radical (unpaired) electrons. The third kappa shape index (κ3) is 4.11. The smallest absolute Gasteiger partial charge is 0.162 e. The molecule has 0 aliphatic carbocycles. The van der Waals surface area contributed by atoms with Gasteiger partial charge in [0.25, 0.3) is 0 Å². The molecular formula is C15H21FN2O. The minimum absolute atomic E-state index is 0.109. The number of halogens is 1. The quantitative estimate of drug-likeness (QED) is 0.826. The van der Waals surface area contributed by atoms with Crippen LogP contribution in [0.25, 0.3) is 0 Å². The predicted octanol–water partition coefficient (Wildman–Crippen LogP) is 2.00. The molecule has 0 atom stereocenters. The molecule has 1 N–H and O–H groups in total. The number of hydrogen-bond donors (Lipinski definition) is 1. The molecule has 104 valence electrons. The Kier molecular flexibility index (Phi) is 5.05.